The summed E-state index contributed by atoms with van der Waals surface area (Å²) in [5.74, 6) is 0.0814. The van der Waals surface area contributed by atoms with Crippen LogP contribution in [0.4, 0.5) is 10.1 Å². The van der Waals surface area contributed by atoms with Crippen LogP contribution in [0, 0.1) is 11.7 Å². The average molecular weight is 624 g/mol. The molecule has 4 heterocycles. The molecule has 1 fully saturated rings. The molecule has 1 aliphatic carbocycles. The normalized spacial score (nSPS) is 14.0. The molecular weight excluding hydrogens is 593 g/mol. The molecule has 0 unspecified atom stereocenters. The van der Waals surface area contributed by atoms with Gasteiger partial charge in [0.15, 0.2) is 5.82 Å². The lowest BCUT2D eigenvalue weighted by Gasteiger charge is -2.11. The number of rotatable bonds is 8. The maximum atomic E-state index is 14.6. The third-order valence-corrected chi connectivity index (χ3v) is 9.19. The highest BCUT2D eigenvalue weighted by molar-refractivity contribution is 7.90. The maximum absolute atomic E-state index is 14.6. The SMILES string of the molecule is CS(=O)(=O)CCc1cc(F)cc(-c2cccc3[nH]c(-c4n[nH]c5cnc(-c6cncc(NC(=O)C7CCCC7)c6)cc45)nc23)c1. The van der Waals surface area contributed by atoms with Crippen LogP contribution in [0.15, 0.2) is 67.1 Å². The van der Waals surface area contributed by atoms with Crippen LogP contribution >= 0.6 is 0 Å². The van der Waals surface area contributed by atoms with Crippen molar-refractivity contribution in [2.24, 2.45) is 5.92 Å². The number of aryl methyl sites for hydroxylation is 1. The van der Waals surface area contributed by atoms with Crippen molar-refractivity contribution in [1.82, 2.24) is 30.1 Å². The molecule has 0 spiro atoms. The van der Waals surface area contributed by atoms with Gasteiger partial charge < -0.3 is 10.3 Å². The average Bonchev–Trinajstić information content (AvgIpc) is 3.79. The van der Waals surface area contributed by atoms with Gasteiger partial charge in [0.25, 0.3) is 0 Å². The molecule has 6 aromatic rings. The molecule has 0 atom stereocenters. The number of nitrogens with zero attached hydrogens (tertiary/aromatic N) is 4. The van der Waals surface area contributed by atoms with Crippen molar-refractivity contribution in [3.8, 4) is 33.9 Å². The molecule has 12 heteroatoms. The van der Waals surface area contributed by atoms with Crippen LogP contribution < -0.4 is 5.32 Å². The Labute approximate surface area is 258 Å². The number of amides is 1. The molecule has 2 aromatic carbocycles. The molecule has 45 heavy (non-hydrogen) atoms. The number of hydrogen-bond acceptors (Lipinski definition) is 7. The topological polar surface area (TPSA) is 146 Å². The maximum Gasteiger partial charge on any atom is 0.227 e. The van der Waals surface area contributed by atoms with Gasteiger partial charge in [0.1, 0.15) is 21.3 Å². The Morgan fingerprint density at radius 2 is 1.87 bits per heavy atom. The van der Waals surface area contributed by atoms with Crippen LogP contribution in [0.5, 0.6) is 0 Å². The fourth-order valence-electron chi connectivity index (χ4n) is 5.97. The largest absolute Gasteiger partial charge is 0.337 e. The molecule has 4 aromatic heterocycles. The van der Waals surface area contributed by atoms with Crippen LogP contribution in [-0.2, 0) is 21.1 Å². The van der Waals surface area contributed by atoms with Crippen molar-refractivity contribution in [3.05, 3.63) is 78.5 Å². The second kappa shape index (κ2) is 11.5. The zero-order valence-corrected chi connectivity index (χ0v) is 25.3. The molecule has 0 radical (unpaired) electrons. The number of imidazole rings is 1. The van der Waals surface area contributed by atoms with Crippen molar-refractivity contribution in [3.63, 3.8) is 0 Å². The van der Waals surface area contributed by atoms with E-state index in [1.54, 1.807) is 24.7 Å². The fraction of sp³-hybridized carbons (Fsp3) is 0.242. The van der Waals surface area contributed by atoms with E-state index in [9.17, 15) is 17.6 Å². The first-order valence-corrected chi connectivity index (χ1v) is 16.8. The van der Waals surface area contributed by atoms with Crippen molar-refractivity contribution >= 4 is 43.4 Å². The number of pyridine rings is 2. The summed E-state index contributed by atoms with van der Waals surface area (Å²) >= 11 is 0. The molecule has 7 rings (SSSR count). The Kier molecular flexibility index (Phi) is 7.36. The van der Waals surface area contributed by atoms with Gasteiger partial charge >= 0.3 is 0 Å². The van der Waals surface area contributed by atoms with E-state index in [-0.39, 0.29) is 24.0 Å². The Bertz CT molecular complexity index is 2190. The number of aromatic nitrogens is 6. The zero-order valence-electron chi connectivity index (χ0n) is 24.5. The summed E-state index contributed by atoms with van der Waals surface area (Å²) in [5.41, 5.74) is 6.62. The number of halogens is 1. The van der Waals surface area contributed by atoms with Gasteiger partial charge in [-0.15, -0.1) is 0 Å². The first-order valence-electron chi connectivity index (χ1n) is 14.8. The minimum atomic E-state index is -3.19. The molecule has 0 saturated heterocycles. The van der Waals surface area contributed by atoms with E-state index in [2.05, 4.69) is 30.5 Å². The zero-order chi connectivity index (χ0) is 31.1. The number of aromatic amines is 2. The second-order valence-electron chi connectivity index (χ2n) is 11.6. The van der Waals surface area contributed by atoms with E-state index in [4.69, 9.17) is 4.98 Å². The summed E-state index contributed by atoms with van der Waals surface area (Å²) in [6.07, 6.45) is 10.4. The monoisotopic (exact) mass is 623 g/mol. The summed E-state index contributed by atoms with van der Waals surface area (Å²) in [7, 11) is -3.19. The van der Waals surface area contributed by atoms with Gasteiger partial charge in [-0.05, 0) is 60.7 Å². The molecule has 1 saturated carbocycles. The minimum Gasteiger partial charge on any atom is -0.337 e. The van der Waals surface area contributed by atoms with E-state index in [0.717, 1.165) is 42.1 Å². The number of fused-ring (bicyclic) bond motifs is 2. The summed E-state index contributed by atoms with van der Waals surface area (Å²) in [6.45, 7) is 0. The number of carbonyl (C=O) groups excluding carboxylic acids is 1. The number of carbonyl (C=O) groups is 1. The van der Waals surface area contributed by atoms with E-state index in [0.29, 0.717) is 50.6 Å². The van der Waals surface area contributed by atoms with Crippen molar-refractivity contribution in [2.45, 2.75) is 32.1 Å². The van der Waals surface area contributed by atoms with Crippen LogP contribution in [-0.4, -0.2) is 56.5 Å². The quantitative estimate of drug-likeness (QED) is 0.186. The first kappa shape index (κ1) is 28.8. The number of anilines is 1. The predicted octanol–water partition coefficient (Wildman–Crippen LogP) is 6.09. The molecule has 3 N–H and O–H groups in total. The number of sulfone groups is 1. The lowest BCUT2D eigenvalue weighted by molar-refractivity contribution is -0.119. The lowest BCUT2D eigenvalue weighted by Crippen LogP contribution is -2.20. The van der Waals surface area contributed by atoms with E-state index < -0.39 is 15.7 Å². The number of para-hydroxylation sites is 1. The third-order valence-electron chi connectivity index (χ3n) is 8.24. The van der Waals surface area contributed by atoms with Gasteiger partial charge in [0.05, 0.1) is 46.1 Å². The lowest BCUT2D eigenvalue weighted by atomic mass is 10.0. The van der Waals surface area contributed by atoms with E-state index in [1.807, 2.05) is 30.3 Å². The Hall–Kier alpha value is -4.97. The van der Waals surface area contributed by atoms with Gasteiger partial charge in [-0.2, -0.15) is 5.10 Å². The summed E-state index contributed by atoms with van der Waals surface area (Å²) in [4.78, 5) is 29.8. The highest BCUT2D eigenvalue weighted by Crippen LogP contribution is 2.34. The second-order valence-corrected chi connectivity index (χ2v) is 13.9. The van der Waals surface area contributed by atoms with E-state index >= 15 is 0 Å². The van der Waals surface area contributed by atoms with Crippen LogP contribution in [0.2, 0.25) is 0 Å². The Morgan fingerprint density at radius 1 is 1.02 bits per heavy atom. The van der Waals surface area contributed by atoms with Crippen LogP contribution in [0.3, 0.4) is 0 Å². The summed E-state index contributed by atoms with van der Waals surface area (Å²) in [5, 5.41) is 11.3. The third kappa shape index (κ3) is 6.05. The van der Waals surface area contributed by atoms with Gasteiger partial charge in [-0.3, -0.25) is 19.9 Å². The molecule has 1 aliphatic rings. The Balaban J connectivity index is 1.22. The number of H-pyrrole nitrogens is 2. The minimum absolute atomic E-state index is 0.0274. The van der Waals surface area contributed by atoms with Crippen molar-refractivity contribution in [2.75, 3.05) is 17.3 Å². The smallest absolute Gasteiger partial charge is 0.227 e. The Morgan fingerprint density at radius 3 is 2.69 bits per heavy atom. The number of benzene rings is 2. The van der Waals surface area contributed by atoms with Gasteiger partial charge in [0.2, 0.25) is 5.91 Å². The number of nitrogens with one attached hydrogen (secondary N) is 3. The van der Waals surface area contributed by atoms with Crippen LogP contribution in [0.1, 0.15) is 31.2 Å². The highest BCUT2D eigenvalue weighted by Gasteiger charge is 2.23. The van der Waals surface area contributed by atoms with Crippen molar-refractivity contribution in [1.29, 1.82) is 0 Å². The molecule has 10 nitrogen and oxygen atoms in total. The predicted molar refractivity (Wildman–Crippen MR) is 172 cm³/mol. The van der Waals surface area contributed by atoms with Crippen molar-refractivity contribution < 1.29 is 17.6 Å². The summed E-state index contributed by atoms with van der Waals surface area (Å²) in [6, 6.07) is 14.0. The van der Waals surface area contributed by atoms with Gasteiger partial charge in [-0.25, -0.2) is 17.8 Å². The number of hydrogen-bond donors (Lipinski definition) is 3. The fourth-order valence-corrected chi connectivity index (χ4v) is 6.57. The summed E-state index contributed by atoms with van der Waals surface area (Å²) < 4.78 is 38.0. The molecule has 0 bridgehead atoms. The molecule has 228 valence electrons. The van der Waals surface area contributed by atoms with Gasteiger partial charge in [-0.1, -0.05) is 31.0 Å². The molecule has 1 amide bonds. The first-order chi connectivity index (χ1) is 21.7. The highest BCUT2D eigenvalue weighted by atomic mass is 32.2. The molecular formula is C33H30FN7O3S. The van der Waals surface area contributed by atoms with Crippen LogP contribution in [0.25, 0.3) is 55.8 Å². The van der Waals surface area contributed by atoms with E-state index in [1.165, 1.54) is 18.4 Å². The van der Waals surface area contributed by atoms with Gasteiger partial charge in [0, 0.05) is 34.9 Å². The molecule has 0 aliphatic heterocycles. The standard InChI is InChI=1S/C33H30FN7O3S/c1-45(43,44)10-9-19-11-21(13-23(34)12-19)25-7-4-8-27-30(25)39-32(38-27)31-26-15-28(36-18-29(26)40-41-31)22-14-24(17-35-16-22)37-33(42)20-5-2-3-6-20/h4,7-8,11-18,20H,2-3,5-6,9-10H2,1H3,(H,37,42)(H,38,39)(H,40,41).